The van der Waals surface area contributed by atoms with Crippen molar-refractivity contribution in [3.05, 3.63) is 53.0 Å². The molecule has 1 amide bonds. The van der Waals surface area contributed by atoms with Gasteiger partial charge in [0.15, 0.2) is 0 Å². The van der Waals surface area contributed by atoms with E-state index in [4.69, 9.17) is 0 Å². The molecule has 1 heterocycles. The number of aromatic nitrogens is 1. The predicted octanol–water partition coefficient (Wildman–Crippen LogP) is 4.11. The van der Waals surface area contributed by atoms with Gasteiger partial charge in [-0.1, -0.05) is 32.9 Å². The summed E-state index contributed by atoms with van der Waals surface area (Å²) in [6, 6.07) is 11.4. The van der Waals surface area contributed by atoms with Crippen LogP contribution in [0.4, 0.5) is 5.69 Å². The number of hydrogen-bond donors (Lipinski definition) is 2. The van der Waals surface area contributed by atoms with Crippen LogP contribution in [0.15, 0.2) is 47.4 Å². The van der Waals surface area contributed by atoms with E-state index in [1.165, 1.54) is 17.4 Å². The normalized spacial score (nSPS) is 13.0. The van der Waals surface area contributed by atoms with Gasteiger partial charge in [0.05, 0.1) is 20.1 Å². The molecule has 0 aliphatic heterocycles. The monoisotopic (exact) mass is 431 g/mol. The minimum atomic E-state index is -3.87. The van der Waals surface area contributed by atoms with Crippen LogP contribution in [0.3, 0.4) is 0 Å². The fraction of sp³-hybridized carbons (Fsp3) is 0.333. The molecule has 0 radical (unpaired) electrons. The zero-order valence-electron chi connectivity index (χ0n) is 16.9. The molecular formula is C21H25N3O3S2. The number of anilines is 1. The maximum atomic E-state index is 12.9. The first-order valence-electron chi connectivity index (χ1n) is 9.49. The van der Waals surface area contributed by atoms with E-state index < -0.39 is 16.1 Å². The Balaban J connectivity index is 1.80. The van der Waals surface area contributed by atoms with Crippen molar-refractivity contribution in [2.75, 3.05) is 5.32 Å². The topological polar surface area (TPSA) is 88.2 Å². The van der Waals surface area contributed by atoms with Crippen LogP contribution in [0.5, 0.6) is 0 Å². The molecule has 3 aromatic rings. The molecule has 154 valence electrons. The number of thiazole rings is 1. The van der Waals surface area contributed by atoms with Crippen LogP contribution < -0.4 is 10.0 Å². The molecule has 6 nitrogen and oxygen atoms in total. The number of aryl methyl sites for hydroxylation is 2. The molecule has 8 heteroatoms. The van der Waals surface area contributed by atoms with Crippen LogP contribution in [0.25, 0.3) is 10.2 Å². The molecule has 0 fully saturated rings. The molecule has 0 spiro atoms. The van der Waals surface area contributed by atoms with Crippen molar-refractivity contribution in [1.29, 1.82) is 0 Å². The van der Waals surface area contributed by atoms with Gasteiger partial charge in [-0.25, -0.2) is 13.4 Å². The summed E-state index contributed by atoms with van der Waals surface area (Å²) in [5, 5.41) is 3.68. The minimum absolute atomic E-state index is 0.124. The van der Waals surface area contributed by atoms with Crippen LogP contribution in [0, 0.1) is 12.8 Å². The summed E-state index contributed by atoms with van der Waals surface area (Å²) in [4.78, 5) is 17.3. The SMILES string of the molecule is CCc1ccc(NC(=O)C(NS(=O)(=O)c2ccc3nc(C)sc3c2)C(C)C)cc1. The number of carbonyl (C=O) groups is 1. The van der Waals surface area contributed by atoms with Crippen molar-refractivity contribution in [3.63, 3.8) is 0 Å². The zero-order chi connectivity index (χ0) is 21.2. The van der Waals surface area contributed by atoms with E-state index in [0.29, 0.717) is 5.69 Å². The van der Waals surface area contributed by atoms with Gasteiger partial charge in [0, 0.05) is 5.69 Å². The van der Waals surface area contributed by atoms with Crippen molar-refractivity contribution >= 4 is 43.2 Å². The minimum Gasteiger partial charge on any atom is -0.325 e. The van der Waals surface area contributed by atoms with E-state index in [0.717, 1.165) is 27.2 Å². The molecule has 2 aromatic carbocycles. The quantitative estimate of drug-likeness (QED) is 0.589. The van der Waals surface area contributed by atoms with E-state index in [-0.39, 0.29) is 16.7 Å². The highest BCUT2D eigenvalue weighted by atomic mass is 32.2. The number of fused-ring (bicyclic) bond motifs is 1. The second kappa shape index (κ2) is 8.61. The lowest BCUT2D eigenvalue weighted by Gasteiger charge is -2.21. The van der Waals surface area contributed by atoms with Gasteiger partial charge in [-0.05, 0) is 55.2 Å². The summed E-state index contributed by atoms with van der Waals surface area (Å²) in [5.74, 6) is -0.614. The maximum absolute atomic E-state index is 12.9. The van der Waals surface area contributed by atoms with Crippen molar-refractivity contribution in [2.24, 2.45) is 5.92 Å². The summed E-state index contributed by atoms with van der Waals surface area (Å²) < 4.78 is 29.2. The number of amides is 1. The summed E-state index contributed by atoms with van der Waals surface area (Å²) in [7, 11) is -3.87. The summed E-state index contributed by atoms with van der Waals surface area (Å²) >= 11 is 1.44. The maximum Gasteiger partial charge on any atom is 0.242 e. The van der Waals surface area contributed by atoms with Crippen LogP contribution in [0.2, 0.25) is 0 Å². The average Bonchev–Trinajstić information content (AvgIpc) is 3.05. The largest absolute Gasteiger partial charge is 0.325 e. The second-order valence-corrected chi connectivity index (χ2v) is 10.2. The van der Waals surface area contributed by atoms with Gasteiger partial charge in [0.25, 0.3) is 0 Å². The first-order chi connectivity index (χ1) is 13.7. The van der Waals surface area contributed by atoms with E-state index in [1.807, 2.05) is 45.0 Å². The Morgan fingerprint density at radius 2 is 1.83 bits per heavy atom. The van der Waals surface area contributed by atoms with Crippen molar-refractivity contribution < 1.29 is 13.2 Å². The molecule has 3 rings (SSSR count). The summed E-state index contributed by atoms with van der Waals surface area (Å²) in [6.07, 6.45) is 0.909. The summed E-state index contributed by atoms with van der Waals surface area (Å²) in [6.45, 7) is 7.55. The lowest BCUT2D eigenvalue weighted by atomic mass is 10.0. The summed E-state index contributed by atoms with van der Waals surface area (Å²) in [5.41, 5.74) is 2.57. The van der Waals surface area contributed by atoms with Gasteiger partial charge in [0.2, 0.25) is 15.9 Å². The third-order valence-corrected chi connectivity index (χ3v) is 7.01. The van der Waals surface area contributed by atoms with Crippen LogP contribution in [0.1, 0.15) is 31.3 Å². The van der Waals surface area contributed by atoms with Crippen LogP contribution >= 0.6 is 11.3 Å². The van der Waals surface area contributed by atoms with Crippen molar-refractivity contribution in [3.8, 4) is 0 Å². The first-order valence-corrected chi connectivity index (χ1v) is 11.8. The van der Waals surface area contributed by atoms with E-state index in [2.05, 4.69) is 21.9 Å². The molecule has 2 N–H and O–H groups in total. The van der Waals surface area contributed by atoms with Gasteiger partial charge in [-0.2, -0.15) is 4.72 Å². The standard InChI is InChI=1S/C21H25N3O3S2/c1-5-15-6-8-16(9-7-15)23-21(25)20(13(2)3)24-29(26,27)17-10-11-18-19(12-17)28-14(4)22-18/h6-13,20,24H,5H2,1-4H3,(H,23,25). The van der Waals surface area contributed by atoms with Gasteiger partial charge < -0.3 is 5.32 Å². The lowest BCUT2D eigenvalue weighted by molar-refractivity contribution is -0.118. The highest BCUT2D eigenvalue weighted by Crippen LogP contribution is 2.25. The molecule has 0 bridgehead atoms. The van der Waals surface area contributed by atoms with Crippen molar-refractivity contribution in [2.45, 2.75) is 45.1 Å². The lowest BCUT2D eigenvalue weighted by Crippen LogP contribution is -2.47. The van der Waals surface area contributed by atoms with E-state index >= 15 is 0 Å². The number of sulfonamides is 1. The van der Waals surface area contributed by atoms with Crippen molar-refractivity contribution in [1.82, 2.24) is 9.71 Å². The van der Waals surface area contributed by atoms with Crippen LogP contribution in [-0.2, 0) is 21.2 Å². The van der Waals surface area contributed by atoms with E-state index in [1.54, 1.807) is 12.1 Å². The highest BCUT2D eigenvalue weighted by molar-refractivity contribution is 7.89. The number of hydrogen-bond acceptors (Lipinski definition) is 5. The third-order valence-electron chi connectivity index (χ3n) is 4.64. The van der Waals surface area contributed by atoms with Gasteiger partial charge in [0.1, 0.15) is 6.04 Å². The second-order valence-electron chi connectivity index (χ2n) is 7.25. The van der Waals surface area contributed by atoms with Gasteiger partial charge in [-0.15, -0.1) is 11.3 Å². The molecule has 29 heavy (non-hydrogen) atoms. The molecular weight excluding hydrogens is 406 g/mol. The zero-order valence-corrected chi connectivity index (χ0v) is 18.5. The molecule has 1 atom stereocenters. The smallest absolute Gasteiger partial charge is 0.242 e. The fourth-order valence-electron chi connectivity index (χ4n) is 2.96. The predicted molar refractivity (Wildman–Crippen MR) is 118 cm³/mol. The molecule has 1 unspecified atom stereocenters. The Kier molecular flexibility index (Phi) is 6.36. The number of rotatable bonds is 7. The Hall–Kier alpha value is -2.29. The molecule has 1 aromatic heterocycles. The molecule has 0 saturated heterocycles. The third kappa shape index (κ3) is 5.01. The van der Waals surface area contributed by atoms with Crippen LogP contribution in [-0.4, -0.2) is 25.4 Å². The first kappa shape index (κ1) is 21.4. The fourth-order valence-corrected chi connectivity index (χ4v) is 5.27. The number of carbonyl (C=O) groups excluding carboxylic acids is 1. The molecule has 0 saturated carbocycles. The number of benzene rings is 2. The Morgan fingerprint density at radius 3 is 2.45 bits per heavy atom. The Morgan fingerprint density at radius 1 is 1.14 bits per heavy atom. The highest BCUT2D eigenvalue weighted by Gasteiger charge is 2.28. The van der Waals surface area contributed by atoms with Gasteiger partial charge >= 0.3 is 0 Å². The van der Waals surface area contributed by atoms with Gasteiger partial charge in [-0.3, -0.25) is 4.79 Å². The Bertz CT molecular complexity index is 1120. The number of nitrogens with zero attached hydrogens (tertiary/aromatic N) is 1. The molecule has 0 aliphatic rings. The number of nitrogens with one attached hydrogen (secondary N) is 2. The van der Waals surface area contributed by atoms with E-state index in [9.17, 15) is 13.2 Å². The average molecular weight is 432 g/mol. The molecule has 0 aliphatic carbocycles. The Labute approximate surface area is 175 Å².